The Kier molecular flexibility index (Phi) is 2.21. The molecule has 10 heavy (non-hydrogen) atoms. The Bertz CT molecular complexity index is 137. The number of halogens is 1. The number of esters is 1. The van der Waals surface area contributed by atoms with Gasteiger partial charge in [0.05, 0.1) is 0 Å². The lowest BCUT2D eigenvalue weighted by Gasteiger charge is -2.12. The van der Waals surface area contributed by atoms with Crippen molar-refractivity contribution in [1.82, 2.24) is 0 Å². The van der Waals surface area contributed by atoms with E-state index in [0.29, 0.717) is 12.8 Å². The summed E-state index contributed by atoms with van der Waals surface area (Å²) in [5.41, 5.74) is 0. The topological polar surface area (TPSA) is 46.5 Å². The molecule has 0 amide bonds. The third-order valence-corrected chi connectivity index (χ3v) is 1.50. The van der Waals surface area contributed by atoms with Crippen molar-refractivity contribution in [2.45, 2.75) is 25.0 Å². The molecule has 0 unspecified atom stereocenters. The number of hydrogen-bond acceptors (Lipinski definition) is 3. The van der Waals surface area contributed by atoms with E-state index in [9.17, 15) is 9.18 Å². The predicted molar refractivity (Wildman–Crippen MR) is 31.1 cm³/mol. The van der Waals surface area contributed by atoms with E-state index in [1.807, 2.05) is 0 Å². The number of ether oxygens (including phenoxy) is 1. The van der Waals surface area contributed by atoms with E-state index < -0.39 is 18.9 Å². The Labute approximate surface area is 57.8 Å². The molecule has 3 nitrogen and oxygen atoms in total. The summed E-state index contributed by atoms with van der Waals surface area (Å²) >= 11 is 0. The maximum Gasteiger partial charge on any atom is 0.306 e. The lowest BCUT2D eigenvalue weighted by Crippen LogP contribution is -2.27. The number of hydrogen-bond donors (Lipinski definition) is 1. The van der Waals surface area contributed by atoms with Crippen molar-refractivity contribution in [3.8, 4) is 0 Å². The highest BCUT2D eigenvalue weighted by Crippen LogP contribution is 2.16. The molecule has 0 aliphatic carbocycles. The summed E-state index contributed by atoms with van der Waals surface area (Å²) in [6, 6.07) is 0. The number of cyclic esters (lactones) is 1. The lowest BCUT2D eigenvalue weighted by atomic mass is 10.1. The minimum absolute atomic E-state index is 0.293. The van der Waals surface area contributed by atoms with Crippen LogP contribution in [0.1, 0.15) is 12.8 Å². The van der Waals surface area contributed by atoms with E-state index in [-0.39, 0.29) is 5.97 Å². The third-order valence-electron chi connectivity index (χ3n) is 1.50. The first-order valence-corrected chi connectivity index (χ1v) is 3.17. The van der Waals surface area contributed by atoms with Crippen molar-refractivity contribution in [2.24, 2.45) is 0 Å². The molecular weight excluding hydrogens is 139 g/mol. The number of alkyl halides is 1. The summed E-state index contributed by atoms with van der Waals surface area (Å²) in [5.74, 6) is -0.350. The number of carbonyl (C=O) groups is 1. The molecule has 1 heterocycles. The molecule has 1 aliphatic rings. The zero-order valence-electron chi connectivity index (χ0n) is 5.42. The average molecular weight is 148 g/mol. The summed E-state index contributed by atoms with van der Waals surface area (Å²) in [5, 5.41) is 8.82. The molecule has 58 valence electrons. The summed E-state index contributed by atoms with van der Waals surface area (Å²) in [4.78, 5) is 10.4. The van der Waals surface area contributed by atoms with E-state index >= 15 is 0 Å². The number of rotatable bonds is 2. The van der Waals surface area contributed by atoms with E-state index in [0.717, 1.165) is 0 Å². The Hall–Kier alpha value is -0.640. The maximum atomic E-state index is 11.7. The molecule has 1 N–H and O–H groups in total. The molecular formula is C6H9FO3. The van der Waals surface area contributed by atoms with Crippen LogP contribution in [0, 0.1) is 0 Å². The van der Waals surface area contributed by atoms with Crippen LogP contribution in [0.2, 0.25) is 0 Å². The van der Waals surface area contributed by atoms with Crippen molar-refractivity contribution < 1.29 is 19.0 Å². The first-order valence-electron chi connectivity index (χ1n) is 3.17. The maximum absolute atomic E-state index is 11.7. The number of carbonyl (C=O) groups excluding carboxylic acids is 1. The summed E-state index contributed by atoms with van der Waals surface area (Å²) in [7, 11) is 0. The van der Waals surface area contributed by atoms with Gasteiger partial charge in [0.1, 0.15) is 18.9 Å². The van der Waals surface area contributed by atoms with Gasteiger partial charge in [-0.3, -0.25) is 4.79 Å². The molecule has 0 spiro atoms. The van der Waals surface area contributed by atoms with Gasteiger partial charge in [0.25, 0.3) is 0 Å². The fraction of sp³-hybridized carbons (Fsp3) is 0.833. The van der Waals surface area contributed by atoms with Crippen molar-refractivity contribution in [3.05, 3.63) is 0 Å². The highest BCUT2D eigenvalue weighted by Gasteiger charge is 2.29. The normalized spacial score (nSPS) is 28.2. The smallest absolute Gasteiger partial charge is 0.306 e. The van der Waals surface area contributed by atoms with E-state index in [2.05, 4.69) is 4.74 Å². The Balaban J connectivity index is 2.36. The van der Waals surface area contributed by atoms with Gasteiger partial charge in [-0.2, -0.15) is 0 Å². The zero-order valence-corrected chi connectivity index (χ0v) is 5.42. The summed E-state index contributed by atoms with van der Waals surface area (Å²) in [6.07, 6.45) is -1.02. The average Bonchev–Trinajstić information content (AvgIpc) is 2.34. The first kappa shape index (κ1) is 7.47. The van der Waals surface area contributed by atoms with E-state index in [1.54, 1.807) is 0 Å². The molecule has 1 saturated heterocycles. The van der Waals surface area contributed by atoms with Crippen LogP contribution in [0.4, 0.5) is 4.39 Å². The van der Waals surface area contributed by atoms with Crippen LogP contribution in [-0.2, 0) is 9.53 Å². The van der Waals surface area contributed by atoms with E-state index in [4.69, 9.17) is 5.11 Å². The van der Waals surface area contributed by atoms with Crippen LogP contribution < -0.4 is 0 Å². The summed E-state index contributed by atoms with van der Waals surface area (Å²) < 4.78 is 16.3. The second kappa shape index (κ2) is 2.96. The van der Waals surface area contributed by atoms with Crippen molar-refractivity contribution in [2.75, 3.05) is 6.67 Å². The van der Waals surface area contributed by atoms with Crippen LogP contribution in [0.25, 0.3) is 0 Å². The predicted octanol–water partition coefficient (Wildman–Crippen LogP) is 0.0224. The van der Waals surface area contributed by atoms with Crippen molar-refractivity contribution >= 4 is 5.97 Å². The van der Waals surface area contributed by atoms with Crippen LogP contribution in [0.5, 0.6) is 0 Å². The van der Waals surface area contributed by atoms with Crippen LogP contribution in [0.3, 0.4) is 0 Å². The molecule has 0 aromatic carbocycles. The molecule has 0 saturated carbocycles. The fourth-order valence-corrected chi connectivity index (χ4v) is 0.917. The van der Waals surface area contributed by atoms with Gasteiger partial charge < -0.3 is 9.84 Å². The highest BCUT2D eigenvalue weighted by atomic mass is 19.1. The number of aliphatic hydroxyl groups excluding tert-OH is 1. The highest BCUT2D eigenvalue weighted by molar-refractivity contribution is 5.71. The second-order valence-corrected chi connectivity index (χ2v) is 2.29. The van der Waals surface area contributed by atoms with Gasteiger partial charge in [-0.1, -0.05) is 0 Å². The molecule has 4 heteroatoms. The molecule has 0 aromatic rings. The van der Waals surface area contributed by atoms with Gasteiger partial charge in [0, 0.05) is 6.42 Å². The molecule has 1 fully saturated rings. The quantitative estimate of drug-likeness (QED) is 0.561. The minimum atomic E-state index is -1.13. The fourth-order valence-electron chi connectivity index (χ4n) is 0.917. The standard InChI is InChI=1S/C6H9FO3/c7-3-4(8)5-1-2-6(9)10-5/h4-5,8H,1-3H2/t4-,5-/m0/s1. The van der Waals surface area contributed by atoms with Crippen molar-refractivity contribution in [1.29, 1.82) is 0 Å². The van der Waals surface area contributed by atoms with Gasteiger partial charge in [-0.15, -0.1) is 0 Å². The Morgan fingerprint density at radius 3 is 3.00 bits per heavy atom. The lowest BCUT2D eigenvalue weighted by molar-refractivity contribution is -0.145. The van der Waals surface area contributed by atoms with E-state index in [1.165, 1.54) is 0 Å². The molecule has 2 atom stereocenters. The third kappa shape index (κ3) is 1.44. The van der Waals surface area contributed by atoms with Gasteiger partial charge in [-0.05, 0) is 6.42 Å². The summed E-state index contributed by atoms with van der Waals surface area (Å²) in [6.45, 7) is -0.849. The monoisotopic (exact) mass is 148 g/mol. The SMILES string of the molecule is O=C1CC[C@@H]([C@@H](O)CF)O1. The minimum Gasteiger partial charge on any atom is -0.459 e. The largest absolute Gasteiger partial charge is 0.459 e. The van der Waals surface area contributed by atoms with Gasteiger partial charge in [0.15, 0.2) is 0 Å². The van der Waals surface area contributed by atoms with Crippen molar-refractivity contribution in [3.63, 3.8) is 0 Å². The molecule has 1 rings (SSSR count). The molecule has 0 radical (unpaired) electrons. The molecule has 0 aromatic heterocycles. The van der Waals surface area contributed by atoms with Gasteiger partial charge in [-0.25, -0.2) is 4.39 Å². The van der Waals surface area contributed by atoms with Crippen LogP contribution >= 0.6 is 0 Å². The first-order chi connectivity index (χ1) is 4.74. The second-order valence-electron chi connectivity index (χ2n) is 2.29. The van der Waals surface area contributed by atoms with Crippen LogP contribution in [-0.4, -0.2) is 30.0 Å². The number of aliphatic hydroxyl groups is 1. The molecule has 0 bridgehead atoms. The van der Waals surface area contributed by atoms with Gasteiger partial charge in [0.2, 0.25) is 0 Å². The van der Waals surface area contributed by atoms with Crippen LogP contribution in [0.15, 0.2) is 0 Å². The Morgan fingerprint density at radius 2 is 2.60 bits per heavy atom. The zero-order chi connectivity index (χ0) is 7.56. The molecule has 1 aliphatic heterocycles. The Morgan fingerprint density at radius 1 is 1.90 bits per heavy atom. The van der Waals surface area contributed by atoms with Gasteiger partial charge >= 0.3 is 5.97 Å².